The fraction of sp³-hybridized carbons (Fsp3) is 0.500. The SMILES string of the molecule is CC(N)CCN(C)C(=O)c1ccn(C)c(=O)c1. The van der Waals surface area contributed by atoms with Crippen LogP contribution < -0.4 is 11.3 Å². The molecule has 5 heteroatoms. The maximum atomic E-state index is 12.0. The fourth-order valence-corrected chi connectivity index (χ4v) is 1.40. The molecule has 0 saturated carbocycles. The summed E-state index contributed by atoms with van der Waals surface area (Å²) in [7, 11) is 3.36. The van der Waals surface area contributed by atoms with Crippen molar-refractivity contribution in [3.8, 4) is 0 Å². The van der Waals surface area contributed by atoms with Gasteiger partial charge in [-0.3, -0.25) is 9.59 Å². The molecule has 0 bridgehead atoms. The summed E-state index contributed by atoms with van der Waals surface area (Å²) >= 11 is 0. The van der Waals surface area contributed by atoms with Crippen LogP contribution in [0.2, 0.25) is 0 Å². The summed E-state index contributed by atoms with van der Waals surface area (Å²) in [6.07, 6.45) is 2.34. The molecular weight excluding hydrogens is 218 g/mol. The van der Waals surface area contributed by atoms with Gasteiger partial charge in [-0.25, -0.2) is 0 Å². The average Bonchev–Trinajstić information content (AvgIpc) is 2.28. The lowest BCUT2D eigenvalue weighted by Crippen LogP contribution is -2.32. The summed E-state index contributed by atoms with van der Waals surface area (Å²) < 4.78 is 1.43. The molecule has 0 aliphatic carbocycles. The van der Waals surface area contributed by atoms with Crippen LogP contribution in [0.4, 0.5) is 0 Å². The van der Waals surface area contributed by atoms with Gasteiger partial charge in [0.05, 0.1) is 0 Å². The van der Waals surface area contributed by atoms with Crippen molar-refractivity contribution in [2.75, 3.05) is 13.6 Å². The molecule has 1 unspecified atom stereocenters. The normalized spacial score (nSPS) is 12.2. The molecular formula is C12H19N3O2. The quantitative estimate of drug-likeness (QED) is 0.813. The molecule has 0 fully saturated rings. The molecule has 1 atom stereocenters. The zero-order chi connectivity index (χ0) is 13.0. The highest BCUT2D eigenvalue weighted by molar-refractivity contribution is 5.93. The van der Waals surface area contributed by atoms with Crippen molar-refractivity contribution in [3.05, 3.63) is 34.2 Å². The lowest BCUT2D eigenvalue weighted by atomic mass is 10.2. The predicted octanol–water partition coefficient (Wildman–Crippen LogP) is 0.195. The van der Waals surface area contributed by atoms with Crippen LogP contribution in [-0.2, 0) is 7.05 Å². The average molecular weight is 237 g/mol. The number of nitrogens with zero attached hydrogens (tertiary/aromatic N) is 2. The predicted molar refractivity (Wildman–Crippen MR) is 66.9 cm³/mol. The van der Waals surface area contributed by atoms with E-state index in [4.69, 9.17) is 5.73 Å². The second kappa shape index (κ2) is 5.63. The van der Waals surface area contributed by atoms with Crippen LogP contribution >= 0.6 is 0 Å². The third-order valence-electron chi connectivity index (χ3n) is 2.62. The third kappa shape index (κ3) is 3.71. The van der Waals surface area contributed by atoms with Crippen LogP contribution in [0.5, 0.6) is 0 Å². The summed E-state index contributed by atoms with van der Waals surface area (Å²) in [5.74, 6) is -0.150. The molecule has 2 N–H and O–H groups in total. The maximum Gasteiger partial charge on any atom is 0.253 e. The minimum atomic E-state index is -0.184. The van der Waals surface area contributed by atoms with Gasteiger partial charge in [-0.15, -0.1) is 0 Å². The molecule has 1 rings (SSSR count). The Labute approximate surface area is 101 Å². The standard InChI is InChI=1S/C12H19N3O2/c1-9(13)4-6-15(3)12(17)10-5-7-14(2)11(16)8-10/h5,7-9H,4,6,13H2,1-3H3. The Morgan fingerprint density at radius 2 is 2.24 bits per heavy atom. The molecule has 0 saturated heterocycles. The third-order valence-corrected chi connectivity index (χ3v) is 2.62. The number of pyridine rings is 1. The molecule has 94 valence electrons. The van der Waals surface area contributed by atoms with Crippen molar-refractivity contribution in [2.45, 2.75) is 19.4 Å². The number of aryl methyl sites for hydroxylation is 1. The first-order valence-electron chi connectivity index (χ1n) is 5.59. The van der Waals surface area contributed by atoms with Crippen LogP contribution in [0.25, 0.3) is 0 Å². The Hall–Kier alpha value is -1.62. The first kappa shape index (κ1) is 13.4. The topological polar surface area (TPSA) is 68.3 Å². The zero-order valence-electron chi connectivity index (χ0n) is 10.5. The Balaban J connectivity index is 2.75. The highest BCUT2D eigenvalue weighted by atomic mass is 16.2. The monoisotopic (exact) mass is 237 g/mol. The first-order valence-corrected chi connectivity index (χ1v) is 5.59. The second-order valence-corrected chi connectivity index (χ2v) is 4.36. The molecule has 0 radical (unpaired) electrons. The summed E-state index contributed by atoms with van der Waals surface area (Å²) in [6.45, 7) is 2.49. The Bertz CT molecular complexity index is 451. The highest BCUT2D eigenvalue weighted by Crippen LogP contribution is 2.01. The van der Waals surface area contributed by atoms with Gasteiger partial charge in [0.1, 0.15) is 0 Å². The van der Waals surface area contributed by atoms with Crippen LogP contribution in [0.3, 0.4) is 0 Å². The summed E-state index contributed by atoms with van der Waals surface area (Å²) in [5.41, 5.74) is 5.87. The highest BCUT2D eigenvalue weighted by Gasteiger charge is 2.12. The number of carbonyl (C=O) groups is 1. The van der Waals surface area contributed by atoms with Crippen LogP contribution in [-0.4, -0.2) is 35.0 Å². The summed E-state index contributed by atoms with van der Waals surface area (Å²) in [6, 6.07) is 3.06. The number of hydrogen-bond acceptors (Lipinski definition) is 3. The van der Waals surface area contributed by atoms with Gasteiger partial charge in [0.25, 0.3) is 11.5 Å². The van der Waals surface area contributed by atoms with Crippen molar-refractivity contribution in [1.82, 2.24) is 9.47 Å². The van der Waals surface area contributed by atoms with E-state index in [-0.39, 0.29) is 17.5 Å². The van der Waals surface area contributed by atoms with Crippen molar-refractivity contribution in [2.24, 2.45) is 12.8 Å². The molecule has 1 aromatic heterocycles. The van der Waals surface area contributed by atoms with Gasteiger partial charge in [-0.05, 0) is 19.4 Å². The van der Waals surface area contributed by atoms with E-state index in [1.165, 1.54) is 10.6 Å². The first-order chi connectivity index (χ1) is 7.91. The number of carbonyl (C=O) groups excluding carboxylic acids is 1. The second-order valence-electron chi connectivity index (χ2n) is 4.36. The van der Waals surface area contributed by atoms with Crippen LogP contribution in [0.1, 0.15) is 23.7 Å². The van der Waals surface area contributed by atoms with E-state index in [0.717, 1.165) is 6.42 Å². The van der Waals surface area contributed by atoms with Crippen molar-refractivity contribution < 1.29 is 4.79 Å². The van der Waals surface area contributed by atoms with Gasteiger partial charge >= 0.3 is 0 Å². The van der Waals surface area contributed by atoms with Gasteiger partial charge < -0.3 is 15.2 Å². The summed E-state index contributed by atoms with van der Waals surface area (Å²) in [5, 5.41) is 0. The van der Waals surface area contributed by atoms with Crippen molar-refractivity contribution in [3.63, 3.8) is 0 Å². The molecule has 0 aliphatic rings. The lowest BCUT2D eigenvalue weighted by molar-refractivity contribution is 0.0791. The summed E-state index contributed by atoms with van der Waals surface area (Å²) in [4.78, 5) is 24.9. The Morgan fingerprint density at radius 1 is 1.59 bits per heavy atom. The van der Waals surface area contributed by atoms with Gasteiger partial charge in [-0.1, -0.05) is 0 Å². The number of aromatic nitrogens is 1. The molecule has 0 spiro atoms. The molecule has 1 aromatic rings. The molecule has 17 heavy (non-hydrogen) atoms. The largest absolute Gasteiger partial charge is 0.342 e. The molecule has 1 heterocycles. The Morgan fingerprint density at radius 3 is 2.76 bits per heavy atom. The number of nitrogens with two attached hydrogens (primary N) is 1. The minimum absolute atomic E-state index is 0.0638. The smallest absolute Gasteiger partial charge is 0.253 e. The van der Waals surface area contributed by atoms with Gasteiger partial charge in [0.15, 0.2) is 0 Å². The molecule has 0 aliphatic heterocycles. The molecule has 1 amide bonds. The van der Waals surface area contributed by atoms with E-state index in [0.29, 0.717) is 12.1 Å². The van der Waals surface area contributed by atoms with Crippen LogP contribution in [0.15, 0.2) is 23.1 Å². The van der Waals surface area contributed by atoms with Crippen molar-refractivity contribution in [1.29, 1.82) is 0 Å². The maximum absolute atomic E-state index is 12.0. The van der Waals surface area contributed by atoms with E-state index in [2.05, 4.69) is 0 Å². The van der Waals surface area contributed by atoms with E-state index in [1.807, 2.05) is 6.92 Å². The fourth-order valence-electron chi connectivity index (χ4n) is 1.40. The van der Waals surface area contributed by atoms with Gasteiger partial charge in [-0.2, -0.15) is 0 Å². The van der Waals surface area contributed by atoms with E-state index in [1.54, 1.807) is 31.3 Å². The van der Waals surface area contributed by atoms with E-state index < -0.39 is 0 Å². The number of rotatable bonds is 4. The zero-order valence-corrected chi connectivity index (χ0v) is 10.5. The molecule has 0 aromatic carbocycles. The minimum Gasteiger partial charge on any atom is -0.342 e. The van der Waals surface area contributed by atoms with E-state index in [9.17, 15) is 9.59 Å². The lowest BCUT2D eigenvalue weighted by Gasteiger charge is -2.18. The van der Waals surface area contributed by atoms with Crippen LogP contribution in [0, 0.1) is 0 Å². The Kier molecular flexibility index (Phi) is 4.45. The number of hydrogen-bond donors (Lipinski definition) is 1. The van der Waals surface area contributed by atoms with Gasteiger partial charge in [0.2, 0.25) is 0 Å². The van der Waals surface area contributed by atoms with E-state index >= 15 is 0 Å². The number of amides is 1. The van der Waals surface area contributed by atoms with Crippen molar-refractivity contribution >= 4 is 5.91 Å². The molecule has 5 nitrogen and oxygen atoms in total. The van der Waals surface area contributed by atoms with Gasteiger partial charge in [0, 0.05) is 44.5 Å².